The van der Waals surface area contributed by atoms with Crippen molar-refractivity contribution in [1.29, 1.82) is 0 Å². The van der Waals surface area contributed by atoms with Crippen molar-refractivity contribution in [2.24, 2.45) is 0 Å². The highest BCUT2D eigenvalue weighted by atomic mass is 16.4. The molecule has 1 aromatic rings. The van der Waals surface area contributed by atoms with Gasteiger partial charge in [0.1, 0.15) is 0 Å². The van der Waals surface area contributed by atoms with Crippen molar-refractivity contribution in [3.05, 3.63) is 23.0 Å². The fraction of sp³-hybridized carbons (Fsp3) is 0.667. The molecule has 0 spiro atoms. The van der Waals surface area contributed by atoms with Gasteiger partial charge in [-0.1, -0.05) is 19.3 Å². The summed E-state index contributed by atoms with van der Waals surface area (Å²) in [7, 11) is 0. The first kappa shape index (κ1) is 13.2. The van der Waals surface area contributed by atoms with Crippen LogP contribution in [0.4, 0.5) is 0 Å². The van der Waals surface area contributed by atoms with E-state index in [0.717, 1.165) is 0 Å². The molecular formula is C15H23NO2. The van der Waals surface area contributed by atoms with Gasteiger partial charge in [-0.15, -0.1) is 0 Å². The van der Waals surface area contributed by atoms with Crippen molar-refractivity contribution in [2.45, 2.75) is 64.8 Å². The van der Waals surface area contributed by atoms with Crippen LogP contribution in [-0.4, -0.2) is 15.6 Å². The van der Waals surface area contributed by atoms with Crippen molar-refractivity contribution >= 4 is 5.97 Å². The first-order valence-electron chi connectivity index (χ1n) is 6.98. The second-order valence-electron chi connectivity index (χ2n) is 5.45. The number of rotatable bonds is 4. The molecule has 0 aromatic carbocycles. The fourth-order valence-corrected chi connectivity index (χ4v) is 3.24. The predicted molar refractivity (Wildman–Crippen MR) is 72.0 cm³/mol. The van der Waals surface area contributed by atoms with Gasteiger partial charge in [0.25, 0.3) is 0 Å². The van der Waals surface area contributed by atoms with Crippen LogP contribution in [0, 0.1) is 13.8 Å². The van der Waals surface area contributed by atoms with Gasteiger partial charge in [0.05, 0.1) is 0 Å². The molecule has 1 saturated carbocycles. The molecule has 18 heavy (non-hydrogen) atoms. The van der Waals surface area contributed by atoms with Gasteiger partial charge in [-0.3, -0.25) is 4.79 Å². The van der Waals surface area contributed by atoms with Crippen LogP contribution >= 0.6 is 0 Å². The second kappa shape index (κ2) is 5.59. The van der Waals surface area contributed by atoms with Crippen LogP contribution in [0.15, 0.2) is 6.07 Å². The van der Waals surface area contributed by atoms with Crippen LogP contribution in [0.2, 0.25) is 0 Å². The number of hydrogen-bond acceptors (Lipinski definition) is 1. The summed E-state index contributed by atoms with van der Waals surface area (Å²) < 4.78 is 2.44. The van der Waals surface area contributed by atoms with Crippen LogP contribution in [-0.2, 0) is 11.2 Å². The van der Waals surface area contributed by atoms with Gasteiger partial charge in [-0.2, -0.15) is 0 Å². The molecule has 1 N–H and O–H groups in total. The Balaban J connectivity index is 2.17. The van der Waals surface area contributed by atoms with Crippen LogP contribution in [0.1, 0.15) is 61.5 Å². The minimum atomic E-state index is -0.711. The molecule has 0 bridgehead atoms. The number of carboxylic acid groups (broad SMARTS) is 1. The highest BCUT2D eigenvalue weighted by Gasteiger charge is 2.20. The Kier molecular flexibility index (Phi) is 4.10. The lowest BCUT2D eigenvalue weighted by atomic mass is 9.95. The number of carboxylic acids is 1. The molecule has 0 unspecified atom stereocenters. The number of aliphatic carboxylic acids is 1. The molecular weight excluding hydrogens is 226 g/mol. The SMILES string of the molecule is Cc1cc(CCC(=O)O)c(C)n1C1CCCCC1. The molecule has 2 rings (SSSR count). The molecule has 0 aliphatic heterocycles. The molecule has 1 fully saturated rings. The van der Waals surface area contributed by atoms with Gasteiger partial charge < -0.3 is 9.67 Å². The molecule has 1 aliphatic rings. The standard InChI is InChI=1S/C15H23NO2/c1-11-10-13(8-9-15(17)18)12(2)16(11)14-6-4-3-5-7-14/h10,14H,3-9H2,1-2H3,(H,17,18). The summed E-state index contributed by atoms with van der Waals surface area (Å²) in [5.41, 5.74) is 3.78. The average Bonchev–Trinajstić information content (AvgIpc) is 2.63. The van der Waals surface area contributed by atoms with Crippen molar-refractivity contribution in [3.63, 3.8) is 0 Å². The van der Waals surface area contributed by atoms with Crippen LogP contribution in [0.25, 0.3) is 0 Å². The average molecular weight is 249 g/mol. The Hall–Kier alpha value is -1.25. The van der Waals surface area contributed by atoms with E-state index in [1.807, 2.05) is 0 Å². The minimum Gasteiger partial charge on any atom is -0.481 e. The molecule has 100 valence electrons. The number of nitrogens with zero attached hydrogens (tertiary/aromatic N) is 1. The zero-order valence-electron chi connectivity index (χ0n) is 11.4. The van der Waals surface area contributed by atoms with Gasteiger partial charge >= 0.3 is 5.97 Å². The van der Waals surface area contributed by atoms with Crippen LogP contribution < -0.4 is 0 Å². The van der Waals surface area contributed by atoms with Crippen molar-refractivity contribution in [3.8, 4) is 0 Å². The maximum atomic E-state index is 10.7. The Morgan fingerprint density at radius 3 is 2.61 bits per heavy atom. The zero-order chi connectivity index (χ0) is 13.1. The van der Waals surface area contributed by atoms with E-state index in [1.165, 1.54) is 49.1 Å². The van der Waals surface area contributed by atoms with Crippen molar-refractivity contribution in [2.75, 3.05) is 0 Å². The van der Waals surface area contributed by atoms with E-state index in [-0.39, 0.29) is 6.42 Å². The molecule has 0 saturated heterocycles. The Bertz CT molecular complexity index is 428. The summed E-state index contributed by atoms with van der Waals surface area (Å²) in [4.78, 5) is 10.7. The van der Waals surface area contributed by atoms with Gasteiger partial charge in [0, 0.05) is 23.9 Å². The minimum absolute atomic E-state index is 0.231. The van der Waals surface area contributed by atoms with E-state index in [1.54, 1.807) is 0 Å². The Morgan fingerprint density at radius 1 is 1.33 bits per heavy atom. The summed E-state index contributed by atoms with van der Waals surface area (Å²) in [5, 5.41) is 8.78. The number of carbonyl (C=O) groups is 1. The number of aryl methyl sites for hydroxylation is 2. The summed E-state index contributed by atoms with van der Waals surface area (Å²) >= 11 is 0. The van der Waals surface area contributed by atoms with Crippen molar-refractivity contribution in [1.82, 2.24) is 4.57 Å². The van der Waals surface area contributed by atoms with Crippen LogP contribution in [0.5, 0.6) is 0 Å². The predicted octanol–water partition coefficient (Wildman–Crippen LogP) is 3.63. The molecule has 0 radical (unpaired) electrons. The van der Waals surface area contributed by atoms with Gasteiger partial charge in [0.2, 0.25) is 0 Å². The summed E-state index contributed by atoms with van der Waals surface area (Å²) in [6, 6.07) is 2.81. The van der Waals surface area contributed by atoms with E-state index in [2.05, 4.69) is 24.5 Å². The largest absolute Gasteiger partial charge is 0.481 e. The third-order valence-corrected chi connectivity index (χ3v) is 4.14. The molecule has 1 aliphatic carbocycles. The van der Waals surface area contributed by atoms with E-state index < -0.39 is 5.97 Å². The van der Waals surface area contributed by atoms with E-state index in [0.29, 0.717) is 12.5 Å². The molecule has 3 heteroatoms. The second-order valence-corrected chi connectivity index (χ2v) is 5.45. The topological polar surface area (TPSA) is 42.2 Å². The smallest absolute Gasteiger partial charge is 0.303 e. The van der Waals surface area contributed by atoms with E-state index >= 15 is 0 Å². The van der Waals surface area contributed by atoms with Crippen LogP contribution in [0.3, 0.4) is 0 Å². The lowest BCUT2D eigenvalue weighted by Gasteiger charge is -2.26. The summed E-state index contributed by atoms with van der Waals surface area (Å²) in [5.74, 6) is -0.711. The molecule has 1 aromatic heterocycles. The lowest BCUT2D eigenvalue weighted by molar-refractivity contribution is -0.136. The Labute approximate surface area is 109 Å². The number of aromatic nitrogens is 1. The third-order valence-electron chi connectivity index (χ3n) is 4.14. The highest BCUT2D eigenvalue weighted by molar-refractivity contribution is 5.67. The zero-order valence-corrected chi connectivity index (χ0v) is 11.4. The maximum Gasteiger partial charge on any atom is 0.303 e. The first-order valence-corrected chi connectivity index (χ1v) is 6.98. The Morgan fingerprint density at radius 2 is 2.00 bits per heavy atom. The quantitative estimate of drug-likeness (QED) is 0.885. The summed E-state index contributed by atoms with van der Waals surface area (Å²) in [6.45, 7) is 4.28. The highest BCUT2D eigenvalue weighted by Crippen LogP contribution is 2.32. The normalized spacial score (nSPS) is 17.0. The number of hydrogen-bond donors (Lipinski definition) is 1. The molecule has 0 atom stereocenters. The summed E-state index contributed by atoms with van der Waals surface area (Å²) in [6.07, 6.45) is 7.44. The lowest BCUT2D eigenvalue weighted by Crippen LogP contribution is -2.15. The van der Waals surface area contributed by atoms with Gasteiger partial charge in [-0.25, -0.2) is 0 Å². The maximum absolute atomic E-state index is 10.7. The van der Waals surface area contributed by atoms with Gasteiger partial charge in [-0.05, 0) is 44.7 Å². The third kappa shape index (κ3) is 2.77. The van der Waals surface area contributed by atoms with Crippen molar-refractivity contribution < 1.29 is 9.90 Å². The van der Waals surface area contributed by atoms with E-state index in [9.17, 15) is 4.79 Å². The molecule has 1 heterocycles. The fourth-order valence-electron chi connectivity index (χ4n) is 3.24. The monoisotopic (exact) mass is 249 g/mol. The first-order chi connectivity index (χ1) is 8.59. The molecule has 3 nitrogen and oxygen atoms in total. The molecule has 0 amide bonds. The van der Waals surface area contributed by atoms with Gasteiger partial charge in [0.15, 0.2) is 0 Å². The van der Waals surface area contributed by atoms with E-state index in [4.69, 9.17) is 5.11 Å².